The molecular formula is C38H50F6N14O4. The topological polar surface area (TPSA) is 323 Å². The van der Waals surface area contributed by atoms with E-state index in [9.17, 15) is 45.5 Å². The minimum Gasteiger partial charge on any atom is -0.370 e. The summed E-state index contributed by atoms with van der Waals surface area (Å²) in [5, 5.41) is 9.71. The van der Waals surface area contributed by atoms with Gasteiger partial charge in [-0.2, -0.15) is 26.3 Å². The van der Waals surface area contributed by atoms with Crippen molar-refractivity contribution in [1.29, 1.82) is 0 Å². The van der Waals surface area contributed by atoms with E-state index >= 15 is 0 Å². The smallest absolute Gasteiger partial charge is 0.370 e. The minimum atomic E-state index is -4.92. The molecule has 0 aliphatic carbocycles. The third-order valence-electron chi connectivity index (χ3n) is 8.81. The number of nitrogens with two attached hydrogens (primary N) is 6. The first-order chi connectivity index (χ1) is 29.2. The van der Waals surface area contributed by atoms with Crippen LogP contribution in [0.3, 0.4) is 0 Å². The molecule has 3 aromatic rings. The minimum absolute atomic E-state index is 0.0210. The molecule has 16 N–H and O–H groups in total. The largest absolute Gasteiger partial charge is 0.416 e. The van der Waals surface area contributed by atoms with Gasteiger partial charge in [0.15, 0.2) is 11.9 Å². The number of hydrogen-bond donors (Lipinski definition) is 10. The number of aliphatic imine (C=N–C) groups is 2. The zero-order chi connectivity index (χ0) is 46.0. The number of guanidine groups is 2. The van der Waals surface area contributed by atoms with Gasteiger partial charge in [0.05, 0.1) is 11.1 Å². The van der Waals surface area contributed by atoms with E-state index < -0.39 is 58.5 Å². The Bertz CT molecular complexity index is 1960. The van der Waals surface area contributed by atoms with E-state index in [1.54, 1.807) is 0 Å². The van der Waals surface area contributed by atoms with Crippen molar-refractivity contribution in [2.75, 3.05) is 47.4 Å². The fourth-order valence-electron chi connectivity index (χ4n) is 5.83. The Morgan fingerprint density at radius 3 is 1.21 bits per heavy atom. The molecule has 0 atom stereocenters. The van der Waals surface area contributed by atoms with Crippen molar-refractivity contribution in [2.45, 2.75) is 76.6 Å². The molecule has 0 bridgehead atoms. The van der Waals surface area contributed by atoms with Gasteiger partial charge in [-0.3, -0.25) is 29.2 Å². The average Bonchev–Trinajstić information content (AvgIpc) is 3.18. The maximum atomic E-state index is 14.1. The van der Waals surface area contributed by atoms with E-state index in [2.05, 4.69) is 41.2 Å². The molecule has 1 heterocycles. The van der Waals surface area contributed by atoms with Crippen LogP contribution in [0.4, 0.5) is 49.1 Å². The molecule has 0 unspecified atom stereocenters. The van der Waals surface area contributed by atoms with Crippen molar-refractivity contribution in [2.24, 2.45) is 44.4 Å². The highest BCUT2D eigenvalue weighted by molar-refractivity contribution is 6.08. The lowest BCUT2D eigenvalue weighted by molar-refractivity contribution is -0.138. The van der Waals surface area contributed by atoms with Crippen molar-refractivity contribution in [1.82, 2.24) is 9.97 Å². The molecule has 0 aliphatic rings. The Morgan fingerprint density at radius 1 is 0.532 bits per heavy atom. The van der Waals surface area contributed by atoms with Crippen LogP contribution in [0, 0.1) is 0 Å². The number of halogens is 6. The number of unbranched alkanes of at least 4 members (excludes halogenated alkanes) is 2. The van der Waals surface area contributed by atoms with E-state index in [1.165, 1.54) is 0 Å². The summed E-state index contributed by atoms with van der Waals surface area (Å²) >= 11 is 0. The number of hydrogen-bond acceptors (Lipinski definition) is 10. The fraction of sp³-hybridized carbons (Fsp3) is 0.421. The molecule has 0 fully saturated rings. The highest BCUT2D eigenvalue weighted by Crippen LogP contribution is 2.39. The van der Waals surface area contributed by atoms with Gasteiger partial charge < -0.3 is 55.7 Å². The van der Waals surface area contributed by atoms with Gasteiger partial charge in [-0.05, 0) is 99.8 Å². The summed E-state index contributed by atoms with van der Waals surface area (Å²) in [6, 6.07) is 3.68. The number of alkyl halides is 6. The maximum Gasteiger partial charge on any atom is 0.416 e. The second-order valence-corrected chi connectivity index (χ2v) is 13.7. The third kappa shape index (κ3) is 16.1. The average molecular weight is 881 g/mol. The first-order valence-electron chi connectivity index (χ1n) is 19.3. The Kier molecular flexibility index (Phi) is 18.8. The molecule has 3 rings (SSSR count). The molecule has 1 aromatic heterocycles. The number of anilines is 4. The van der Waals surface area contributed by atoms with E-state index in [1.807, 2.05) is 0 Å². The van der Waals surface area contributed by atoms with Crippen molar-refractivity contribution < 1.29 is 45.5 Å². The highest BCUT2D eigenvalue weighted by Gasteiger charge is 2.34. The third-order valence-corrected chi connectivity index (χ3v) is 8.81. The summed E-state index contributed by atoms with van der Waals surface area (Å²) in [5.41, 5.74) is 28.2. The summed E-state index contributed by atoms with van der Waals surface area (Å²) in [5.74, 6) is -3.71. The van der Waals surface area contributed by atoms with Gasteiger partial charge in [0, 0.05) is 54.7 Å². The Hall–Kier alpha value is -6.56. The van der Waals surface area contributed by atoms with Crippen LogP contribution in [0.5, 0.6) is 0 Å². The summed E-state index contributed by atoms with van der Waals surface area (Å²) in [6.07, 6.45) is -7.28. The predicted molar refractivity (Wildman–Crippen MR) is 222 cm³/mol. The number of nitrogens with one attached hydrogen (secondary N) is 4. The first kappa shape index (κ1) is 49.8. The molecule has 338 valence electrons. The SMILES string of the molecule is NCCCc1c(NC(=O)CCCCN=C(N)N)cc(C(F)(F)F)cc1NC(=O)c1cc(C(=O)Nc2cc(C(F)(F)F)cc(NC(=O)CCCCN=C(N)N)c2CCCN)ncn1. The van der Waals surface area contributed by atoms with Gasteiger partial charge in [-0.1, -0.05) is 0 Å². The normalized spacial score (nSPS) is 11.4. The summed E-state index contributed by atoms with van der Waals surface area (Å²) in [7, 11) is 0. The van der Waals surface area contributed by atoms with Crippen LogP contribution in [-0.2, 0) is 34.8 Å². The Morgan fingerprint density at radius 2 is 0.887 bits per heavy atom. The number of carbonyl (C=O) groups excluding carboxylic acids is 4. The number of benzene rings is 2. The molecule has 0 radical (unpaired) electrons. The summed E-state index contributed by atoms with van der Waals surface area (Å²) in [4.78, 5) is 68.1. The predicted octanol–water partition coefficient (Wildman–Crippen LogP) is 3.57. The quantitative estimate of drug-likeness (QED) is 0.0300. The molecule has 18 nitrogen and oxygen atoms in total. The molecule has 2 aromatic carbocycles. The monoisotopic (exact) mass is 880 g/mol. The van der Waals surface area contributed by atoms with Gasteiger partial charge in [0.1, 0.15) is 17.7 Å². The maximum absolute atomic E-state index is 14.1. The number of carbonyl (C=O) groups is 4. The molecule has 24 heteroatoms. The summed E-state index contributed by atoms with van der Waals surface area (Å²) in [6.45, 7) is 0.672. The molecular weight excluding hydrogens is 830 g/mol. The van der Waals surface area contributed by atoms with E-state index in [0.717, 1.165) is 24.5 Å². The second kappa shape index (κ2) is 23.4. The molecule has 0 saturated carbocycles. The van der Waals surface area contributed by atoms with Crippen molar-refractivity contribution in [3.05, 3.63) is 70.3 Å². The van der Waals surface area contributed by atoms with Crippen molar-refractivity contribution >= 4 is 58.3 Å². The summed E-state index contributed by atoms with van der Waals surface area (Å²) < 4.78 is 84.8. The van der Waals surface area contributed by atoms with E-state index in [-0.39, 0.29) is 110 Å². The lowest BCUT2D eigenvalue weighted by Gasteiger charge is -2.20. The van der Waals surface area contributed by atoms with Crippen LogP contribution >= 0.6 is 0 Å². The second-order valence-electron chi connectivity index (χ2n) is 13.7. The van der Waals surface area contributed by atoms with Crippen LogP contribution in [0.1, 0.15) is 94.6 Å². The lowest BCUT2D eigenvalue weighted by Crippen LogP contribution is -2.23. The highest BCUT2D eigenvalue weighted by atomic mass is 19.4. The van der Waals surface area contributed by atoms with E-state index in [0.29, 0.717) is 37.8 Å². The van der Waals surface area contributed by atoms with Crippen LogP contribution in [0.15, 0.2) is 46.6 Å². The van der Waals surface area contributed by atoms with Gasteiger partial charge in [0.25, 0.3) is 11.8 Å². The molecule has 0 saturated heterocycles. The number of amides is 4. The number of rotatable bonds is 22. The van der Waals surface area contributed by atoms with Gasteiger partial charge in [-0.25, -0.2) is 9.97 Å². The van der Waals surface area contributed by atoms with Crippen LogP contribution < -0.4 is 55.7 Å². The van der Waals surface area contributed by atoms with Gasteiger partial charge >= 0.3 is 12.4 Å². The molecule has 4 amide bonds. The van der Waals surface area contributed by atoms with Crippen molar-refractivity contribution in [3.8, 4) is 0 Å². The molecule has 62 heavy (non-hydrogen) atoms. The molecule has 0 spiro atoms. The zero-order valence-electron chi connectivity index (χ0n) is 33.5. The van der Waals surface area contributed by atoms with Crippen molar-refractivity contribution in [3.63, 3.8) is 0 Å². The number of aromatic nitrogens is 2. The van der Waals surface area contributed by atoms with Crippen LogP contribution in [0.2, 0.25) is 0 Å². The van der Waals surface area contributed by atoms with Crippen LogP contribution in [-0.4, -0.2) is 71.7 Å². The van der Waals surface area contributed by atoms with Gasteiger partial charge in [-0.15, -0.1) is 0 Å². The fourth-order valence-corrected chi connectivity index (χ4v) is 5.83. The van der Waals surface area contributed by atoms with E-state index in [4.69, 9.17) is 34.4 Å². The molecule has 0 aliphatic heterocycles. The Labute approximate surface area is 352 Å². The lowest BCUT2D eigenvalue weighted by atomic mass is 10.0. The van der Waals surface area contributed by atoms with Crippen LogP contribution in [0.25, 0.3) is 0 Å². The first-order valence-corrected chi connectivity index (χ1v) is 19.3. The Balaban J connectivity index is 1.95. The zero-order valence-corrected chi connectivity index (χ0v) is 33.5. The number of nitrogens with zero attached hydrogens (tertiary/aromatic N) is 4. The standard InChI is InChI=1S/C38H50F6N14O4/c39-37(40,41)21-15-25(55-31(59)9-1-3-13-51-35(47)48)23(7-5-11-45)27(17-21)57-33(61)29-19-30(54-20-53-29)34(62)58-28-18-22(38(42,43)44)16-26(24(28)8-6-12-46)56-32(60)10-2-4-14-52-36(49)50/h15-20H,1-14,45-46H2,(H,55,59)(H,56,60)(H,57,61)(H,58,62)(H4,47,48,51)(H4,49,50,52). The van der Waals surface area contributed by atoms with Gasteiger partial charge in [0.2, 0.25) is 11.8 Å².